The first-order chi connectivity index (χ1) is 11.5. The number of sulfone groups is 1. The Hall–Kier alpha value is -1.82. The number of hydrogen-bond donors (Lipinski definition) is 2. The molecule has 5 nitrogen and oxygen atoms in total. The number of nitrogens with one attached hydrogen (secondary N) is 2. The lowest BCUT2D eigenvalue weighted by molar-refractivity contribution is -0.123. The van der Waals surface area contributed by atoms with Crippen molar-refractivity contribution in [2.45, 2.75) is 44.1 Å². The van der Waals surface area contributed by atoms with Gasteiger partial charge in [-0.2, -0.15) is 0 Å². The average Bonchev–Trinajstić information content (AvgIpc) is 2.95. The van der Waals surface area contributed by atoms with Crippen molar-refractivity contribution in [1.29, 1.82) is 0 Å². The predicted molar refractivity (Wildman–Crippen MR) is 93.8 cm³/mol. The normalized spacial score (nSPS) is 23.8. The Kier molecular flexibility index (Phi) is 3.87. The van der Waals surface area contributed by atoms with E-state index in [2.05, 4.69) is 22.4 Å². The van der Waals surface area contributed by atoms with Gasteiger partial charge in [-0.25, -0.2) is 8.42 Å². The van der Waals surface area contributed by atoms with E-state index >= 15 is 0 Å². The summed E-state index contributed by atoms with van der Waals surface area (Å²) in [7, 11) is -2.90. The van der Waals surface area contributed by atoms with Gasteiger partial charge >= 0.3 is 0 Å². The molecule has 4 rings (SSSR count). The summed E-state index contributed by atoms with van der Waals surface area (Å²) in [4.78, 5) is 16.2. The van der Waals surface area contributed by atoms with E-state index in [-0.39, 0.29) is 29.4 Å². The van der Waals surface area contributed by atoms with Crippen LogP contribution in [0.4, 0.5) is 0 Å². The van der Waals surface area contributed by atoms with E-state index in [1.54, 1.807) is 0 Å². The minimum Gasteiger partial charge on any atom is -0.357 e. The van der Waals surface area contributed by atoms with Gasteiger partial charge < -0.3 is 10.3 Å². The Bertz CT molecular complexity index is 871. The Labute approximate surface area is 141 Å². The molecule has 0 spiro atoms. The first-order valence-electron chi connectivity index (χ1n) is 8.64. The predicted octanol–water partition coefficient (Wildman–Crippen LogP) is 2.28. The number of aromatic amines is 1. The van der Waals surface area contributed by atoms with Crippen LogP contribution < -0.4 is 5.32 Å². The molecule has 2 aliphatic rings. The summed E-state index contributed by atoms with van der Waals surface area (Å²) < 4.78 is 23.1. The topological polar surface area (TPSA) is 79.0 Å². The maximum atomic E-state index is 12.8. The molecule has 1 aromatic heterocycles. The number of para-hydroxylation sites is 1. The van der Waals surface area contributed by atoms with Crippen LogP contribution in [-0.4, -0.2) is 36.9 Å². The first-order valence-corrected chi connectivity index (χ1v) is 10.5. The number of rotatable bonds is 2. The minimum atomic E-state index is -2.90. The van der Waals surface area contributed by atoms with Crippen LogP contribution in [0.1, 0.15) is 42.9 Å². The molecule has 128 valence electrons. The zero-order valence-corrected chi connectivity index (χ0v) is 14.4. The second kappa shape index (κ2) is 5.92. The molecule has 1 aromatic carbocycles. The number of carbonyl (C=O) groups is 1. The molecule has 24 heavy (non-hydrogen) atoms. The van der Waals surface area contributed by atoms with E-state index in [9.17, 15) is 13.2 Å². The number of aryl methyl sites for hydroxylation is 1. The number of H-pyrrole nitrogens is 1. The van der Waals surface area contributed by atoms with Crippen molar-refractivity contribution < 1.29 is 13.2 Å². The standard InChI is InChI=1S/C18H22N2O3S/c21-18(19-12-8-10-24(22,23)11-9-12)15-6-3-5-14-13-4-1-2-7-16(13)20-17(14)15/h1-2,4,7,12,15,20H,3,5-6,8-11H2,(H,19,21)/t15-/m1/s1. The Morgan fingerprint density at radius 1 is 1.12 bits per heavy atom. The van der Waals surface area contributed by atoms with Crippen molar-refractivity contribution in [3.05, 3.63) is 35.5 Å². The fourth-order valence-electron chi connectivity index (χ4n) is 4.01. The highest BCUT2D eigenvalue weighted by atomic mass is 32.2. The number of aromatic nitrogens is 1. The monoisotopic (exact) mass is 346 g/mol. The molecule has 0 unspecified atom stereocenters. The van der Waals surface area contributed by atoms with Crippen LogP contribution in [-0.2, 0) is 21.1 Å². The lowest BCUT2D eigenvalue weighted by Gasteiger charge is -2.27. The van der Waals surface area contributed by atoms with Crippen molar-refractivity contribution in [3.8, 4) is 0 Å². The van der Waals surface area contributed by atoms with Gasteiger partial charge in [-0.15, -0.1) is 0 Å². The maximum absolute atomic E-state index is 12.8. The molecule has 0 bridgehead atoms. The highest BCUT2D eigenvalue weighted by Crippen LogP contribution is 2.36. The quantitative estimate of drug-likeness (QED) is 0.875. The van der Waals surface area contributed by atoms with Gasteiger partial charge in [0.2, 0.25) is 5.91 Å². The van der Waals surface area contributed by atoms with Crippen molar-refractivity contribution in [3.63, 3.8) is 0 Å². The number of carbonyl (C=O) groups excluding carboxylic acids is 1. The Morgan fingerprint density at radius 2 is 1.88 bits per heavy atom. The average molecular weight is 346 g/mol. The van der Waals surface area contributed by atoms with Crippen molar-refractivity contribution in [2.24, 2.45) is 0 Å². The molecule has 6 heteroatoms. The SMILES string of the molecule is O=C(NC1CCS(=O)(=O)CC1)[C@@H]1CCCc2c1[nH]c1ccccc21. The van der Waals surface area contributed by atoms with Gasteiger partial charge in [-0.05, 0) is 43.7 Å². The molecule has 0 saturated carbocycles. The maximum Gasteiger partial charge on any atom is 0.229 e. The third kappa shape index (κ3) is 2.83. The number of fused-ring (bicyclic) bond motifs is 3. The van der Waals surface area contributed by atoms with Crippen molar-refractivity contribution in [1.82, 2.24) is 10.3 Å². The summed E-state index contributed by atoms with van der Waals surface area (Å²) in [6.45, 7) is 0. The zero-order chi connectivity index (χ0) is 16.7. The fourth-order valence-corrected chi connectivity index (χ4v) is 5.50. The number of amides is 1. The summed E-state index contributed by atoms with van der Waals surface area (Å²) in [6.07, 6.45) is 3.91. The van der Waals surface area contributed by atoms with Crippen molar-refractivity contribution in [2.75, 3.05) is 11.5 Å². The molecule has 0 radical (unpaired) electrons. The molecule has 1 amide bonds. The van der Waals surface area contributed by atoms with Gasteiger partial charge in [0, 0.05) is 22.6 Å². The van der Waals surface area contributed by atoms with E-state index in [1.807, 2.05) is 12.1 Å². The van der Waals surface area contributed by atoms with E-state index in [1.165, 1.54) is 10.9 Å². The highest BCUT2D eigenvalue weighted by molar-refractivity contribution is 7.91. The summed E-state index contributed by atoms with van der Waals surface area (Å²) in [6, 6.07) is 8.17. The second-order valence-corrected chi connectivity index (χ2v) is 9.25. The van der Waals surface area contributed by atoms with Crippen LogP contribution in [0.15, 0.2) is 24.3 Å². The minimum absolute atomic E-state index is 0.0178. The summed E-state index contributed by atoms with van der Waals surface area (Å²) >= 11 is 0. The van der Waals surface area contributed by atoms with Gasteiger partial charge in [0.25, 0.3) is 0 Å². The molecule has 1 fully saturated rings. The third-order valence-electron chi connectivity index (χ3n) is 5.33. The largest absolute Gasteiger partial charge is 0.357 e. The van der Waals surface area contributed by atoms with Crippen LogP contribution >= 0.6 is 0 Å². The molecule has 2 heterocycles. The highest BCUT2D eigenvalue weighted by Gasteiger charge is 2.32. The molecule has 1 atom stereocenters. The van der Waals surface area contributed by atoms with Gasteiger partial charge in [0.05, 0.1) is 17.4 Å². The molecular weight excluding hydrogens is 324 g/mol. The van der Waals surface area contributed by atoms with Gasteiger partial charge in [-0.3, -0.25) is 4.79 Å². The first kappa shape index (κ1) is 15.7. The molecule has 1 aliphatic heterocycles. The summed E-state index contributed by atoms with van der Waals surface area (Å²) in [5.41, 5.74) is 3.40. The number of hydrogen-bond acceptors (Lipinski definition) is 3. The van der Waals surface area contributed by atoms with E-state index in [4.69, 9.17) is 0 Å². The smallest absolute Gasteiger partial charge is 0.229 e. The van der Waals surface area contributed by atoms with Crippen LogP contribution in [0.3, 0.4) is 0 Å². The molecule has 2 aromatic rings. The lowest BCUT2D eigenvalue weighted by atomic mass is 9.86. The van der Waals surface area contributed by atoms with Crippen LogP contribution in [0.25, 0.3) is 10.9 Å². The third-order valence-corrected chi connectivity index (χ3v) is 7.05. The Balaban J connectivity index is 1.54. The summed E-state index contributed by atoms with van der Waals surface area (Å²) in [5, 5.41) is 4.30. The second-order valence-electron chi connectivity index (χ2n) is 6.94. The molecule has 1 aliphatic carbocycles. The van der Waals surface area contributed by atoms with E-state index in [0.717, 1.165) is 30.5 Å². The van der Waals surface area contributed by atoms with Crippen molar-refractivity contribution >= 4 is 26.6 Å². The van der Waals surface area contributed by atoms with E-state index in [0.29, 0.717) is 12.8 Å². The fraction of sp³-hybridized carbons (Fsp3) is 0.500. The van der Waals surface area contributed by atoms with Crippen LogP contribution in [0.2, 0.25) is 0 Å². The number of benzene rings is 1. The van der Waals surface area contributed by atoms with E-state index < -0.39 is 9.84 Å². The summed E-state index contributed by atoms with van der Waals surface area (Å²) in [5.74, 6) is 0.243. The molecular formula is C18H22N2O3S. The van der Waals surface area contributed by atoms with Crippen LogP contribution in [0.5, 0.6) is 0 Å². The Morgan fingerprint density at radius 3 is 2.67 bits per heavy atom. The molecule has 1 saturated heterocycles. The van der Waals surface area contributed by atoms with Crippen LogP contribution in [0, 0.1) is 0 Å². The lowest BCUT2D eigenvalue weighted by Crippen LogP contribution is -2.43. The van der Waals surface area contributed by atoms with Gasteiger partial charge in [0.15, 0.2) is 0 Å². The van der Waals surface area contributed by atoms with Gasteiger partial charge in [-0.1, -0.05) is 18.2 Å². The zero-order valence-electron chi connectivity index (χ0n) is 13.5. The molecule has 2 N–H and O–H groups in total. The van der Waals surface area contributed by atoms with Gasteiger partial charge in [0.1, 0.15) is 9.84 Å².